The topological polar surface area (TPSA) is 9.23 Å². The molecule has 0 N–H and O–H groups in total. The van der Waals surface area contributed by atoms with Crippen molar-refractivity contribution in [2.75, 3.05) is 0 Å². The highest BCUT2D eigenvalue weighted by Gasteiger charge is 2.39. The molecule has 2 aromatic rings. The molecule has 134 valence electrons. The van der Waals surface area contributed by atoms with Gasteiger partial charge in [0.2, 0.25) is 0 Å². The number of rotatable bonds is 4. The summed E-state index contributed by atoms with van der Waals surface area (Å²) in [5.74, 6) is 0.566. The van der Waals surface area contributed by atoms with E-state index in [-0.39, 0.29) is 10.8 Å². The van der Waals surface area contributed by atoms with Crippen LogP contribution in [0, 0.1) is 0 Å². The fourth-order valence-electron chi connectivity index (χ4n) is 3.51. The van der Waals surface area contributed by atoms with Crippen molar-refractivity contribution in [3.63, 3.8) is 0 Å². The number of benzene rings is 2. The average molecular weight is 337 g/mol. The minimum absolute atomic E-state index is 0.158. The number of hydrogen-bond acceptors (Lipinski definition) is 1. The average Bonchev–Trinajstić information content (AvgIpc) is 3.31. The van der Waals surface area contributed by atoms with Gasteiger partial charge in [-0.25, -0.2) is 0 Å². The summed E-state index contributed by atoms with van der Waals surface area (Å²) in [7, 11) is 0. The third kappa shape index (κ3) is 4.33. The van der Waals surface area contributed by atoms with Crippen molar-refractivity contribution in [2.45, 2.75) is 77.4 Å². The van der Waals surface area contributed by atoms with E-state index in [1.54, 1.807) is 0 Å². The lowest BCUT2D eigenvalue weighted by Crippen LogP contribution is -2.15. The van der Waals surface area contributed by atoms with Crippen molar-refractivity contribution in [1.82, 2.24) is 0 Å². The van der Waals surface area contributed by atoms with Crippen molar-refractivity contribution in [1.29, 1.82) is 0 Å². The third-order valence-electron chi connectivity index (χ3n) is 5.22. The zero-order chi connectivity index (χ0) is 18.2. The first-order valence-electron chi connectivity index (χ1n) is 9.47. The van der Waals surface area contributed by atoms with E-state index in [1.165, 1.54) is 22.3 Å². The Hall–Kier alpha value is -1.60. The Labute approximate surface area is 153 Å². The summed E-state index contributed by atoms with van der Waals surface area (Å²) < 4.78 is 6.24. The van der Waals surface area contributed by atoms with Crippen LogP contribution in [-0.4, -0.2) is 6.10 Å². The summed E-state index contributed by atoms with van der Waals surface area (Å²) in [6.45, 7) is 14.3. The third-order valence-corrected chi connectivity index (χ3v) is 5.22. The molecule has 0 saturated heterocycles. The quantitative estimate of drug-likeness (QED) is 0.631. The molecule has 0 radical (unpaired) electrons. The van der Waals surface area contributed by atoms with Crippen LogP contribution in [0.5, 0.6) is 0 Å². The maximum atomic E-state index is 6.24. The lowest BCUT2D eigenvalue weighted by Gasteiger charge is -2.23. The molecule has 0 bridgehead atoms. The van der Waals surface area contributed by atoms with Crippen LogP contribution in [-0.2, 0) is 22.2 Å². The van der Waals surface area contributed by atoms with Crippen LogP contribution in [0.4, 0.5) is 0 Å². The first-order valence-corrected chi connectivity index (χ1v) is 9.47. The van der Waals surface area contributed by atoms with Crippen LogP contribution in [0.25, 0.3) is 0 Å². The maximum Gasteiger partial charge on any atom is 0.0723 e. The molecule has 25 heavy (non-hydrogen) atoms. The number of ether oxygens (including phenoxy) is 1. The Morgan fingerprint density at radius 1 is 0.840 bits per heavy atom. The highest BCUT2D eigenvalue weighted by atomic mass is 16.5. The van der Waals surface area contributed by atoms with Gasteiger partial charge >= 0.3 is 0 Å². The molecular weight excluding hydrogens is 304 g/mol. The van der Waals surface area contributed by atoms with Gasteiger partial charge in [0, 0.05) is 5.92 Å². The van der Waals surface area contributed by atoms with Crippen LogP contribution in [0.15, 0.2) is 48.5 Å². The van der Waals surface area contributed by atoms with Gasteiger partial charge in [-0.05, 0) is 39.5 Å². The fraction of sp³-hybridized carbons (Fsp3) is 0.500. The largest absolute Gasteiger partial charge is 0.373 e. The van der Waals surface area contributed by atoms with Gasteiger partial charge in [-0.3, -0.25) is 0 Å². The predicted octanol–water partition coefficient (Wildman–Crippen LogP) is 6.35. The maximum absolute atomic E-state index is 6.24. The van der Waals surface area contributed by atoms with E-state index in [0.29, 0.717) is 18.6 Å². The highest BCUT2D eigenvalue weighted by Crippen LogP contribution is 2.44. The van der Waals surface area contributed by atoms with E-state index < -0.39 is 0 Å². The molecular formula is C24H32O. The smallest absolute Gasteiger partial charge is 0.0723 e. The minimum Gasteiger partial charge on any atom is -0.373 e. The van der Waals surface area contributed by atoms with E-state index in [4.69, 9.17) is 4.74 Å². The van der Waals surface area contributed by atoms with Crippen molar-refractivity contribution in [3.8, 4) is 0 Å². The molecule has 1 heteroatoms. The van der Waals surface area contributed by atoms with Gasteiger partial charge in [0.15, 0.2) is 0 Å². The van der Waals surface area contributed by atoms with Crippen molar-refractivity contribution < 1.29 is 4.74 Å². The molecule has 1 saturated carbocycles. The zero-order valence-electron chi connectivity index (χ0n) is 16.6. The van der Waals surface area contributed by atoms with Crippen molar-refractivity contribution >= 4 is 0 Å². The molecule has 0 amide bonds. The highest BCUT2D eigenvalue weighted by molar-refractivity contribution is 5.34. The lowest BCUT2D eigenvalue weighted by atomic mass is 9.84. The Morgan fingerprint density at radius 3 is 2.08 bits per heavy atom. The SMILES string of the molecule is CC(C)(C)c1ccc(C2CC2OCc2ccccc2C(C)(C)C)cc1. The normalized spacial score (nSPS) is 20.6. The van der Waals surface area contributed by atoms with Crippen molar-refractivity contribution in [2.24, 2.45) is 0 Å². The molecule has 2 aromatic carbocycles. The van der Waals surface area contributed by atoms with E-state index in [9.17, 15) is 0 Å². The molecule has 1 fully saturated rings. The van der Waals surface area contributed by atoms with Gasteiger partial charge in [-0.2, -0.15) is 0 Å². The Morgan fingerprint density at radius 2 is 1.48 bits per heavy atom. The second-order valence-corrected chi connectivity index (χ2v) is 9.47. The van der Waals surface area contributed by atoms with E-state index >= 15 is 0 Å². The molecule has 0 spiro atoms. The fourth-order valence-corrected chi connectivity index (χ4v) is 3.51. The summed E-state index contributed by atoms with van der Waals surface area (Å²) in [6, 6.07) is 17.8. The lowest BCUT2D eigenvalue weighted by molar-refractivity contribution is 0.101. The first-order chi connectivity index (χ1) is 11.7. The van der Waals surface area contributed by atoms with Crippen molar-refractivity contribution in [3.05, 3.63) is 70.8 Å². The van der Waals surface area contributed by atoms with Crippen LogP contribution in [0.3, 0.4) is 0 Å². The molecule has 2 unspecified atom stereocenters. The molecule has 1 aliphatic rings. The van der Waals surface area contributed by atoms with Gasteiger partial charge in [-0.1, -0.05) is 90.1 Å². The van der Waals surface area contributed by atoms with E-state index in [1.807, 2.05) is 0 Å². The first kappa shape index (κ1) is 18.2. The molecule has 0 aliphatic heterocycles. The van der Waals surface area contributed by atoms with Crippen LogP contribution < -0.4 is 0 Å². The van der Waals surface area contributed by atoms with Gasteiger partial charge in [0.25, 0.3) is 0 Å². The molecule has 0 aromatic heterocycles. The summed E-state index contributed by atoms with van der Waals surface area (Å²) in [6.07, 6.45) is 1.51. The summed E-state index contributed by atoms with van der Waals surface area (Å²) >= 11 is 0. The zero-order valence-corrected chi connectivity index (χ0v) is 16.6. The van der Waals surface area contributed by atoms with E-state index in [0.717, 1.165) is 6.42 Å². The van der Waals surface area contributed by atoms with Gasteiger partial charge in [0.1, 0.15) is 0 Å². The van der Waals surface area contributed by atoms with Gasteiger partial charge in [-0.15, -0.1) is 0 Å². The Bertz CT molecular complexity index is 713. The standard InChI is InChI=1S/C24H32O/c1-23(2,3)19-13-11-17(12-14-19)20-15-22(20)25-16-18-9-7-8-10-21(18)24(4,5)6/h7-14,20,22H,15-16H2,1-6H3. The summed E-state index contributed by atoms with van der Waals surface area (Å²) in [5, 5.41) is 0. The van der Waals surface area contributed by atoms with E-state index in [2.05, 4.69) is 90.1 Å². The van der Waals surface area contributed by atoms with Gasteiger partial charge < -0.3 is 4.74 Å². The van der Waals surface area contributed by atoms with Gasteiger partial charge in [0.05, 0.1) is 12.7 Å². The number of hydrogen-bond donors (Lipinski definition) is 0. The molecule has 3 rings (SSSR count). The Balaban J connectivity index is 1.61. The summed E-state index contributed by atoms with van der Waals surface area (Å²) in [4.78, 5) is 0. The second kappa shape index (κ2) is 6.61. The molecule has 0 heterocycles. The molecule has 2 atom stereocenters. The predicted molar refractivity (Wildman–Crippen MR) is 106 cm³/mol. The minimum atomic E-state index is 0.158. The molecule has 1 nitrogen and oxygen atoms in total. The van der Waals surface area contributed by atoms with Crippen LogP contribution in [0.1, 0.15) is 76.1 Å². The second-order valence-electron chi connectivity index (χ2n) is 9.47. The van der Waals surface area contributed by atoms with Crippen LogP contribution in [0.2, 0.25) is 0 Å². The summed E-state index contributed by atoms with van der Waals surface area (Å²) in [5.41, 5.74) is 5.90. The van der Waals surface area contributed by atoms with Crippen LogP contribution >= 0.6 is 0 Å². The molecule has 1 aliphatic carbocycles. The Kier molecular flexibility index (Phi) is 4.81. The monoisotopic (exact) mass is 336 g/mol.